The fourth-order valence-electron chi connectivity index (χ4n) is 3.06. The average molecular weight is 278 g/mol. The van der Waals surface area contributed by atoms with Gasteiger partial charge in [0, 0.05) is 5.69 Å². The zero-order valence-corrected chi connectivity index (χ0v) is 11.9. The Bertz CT molecular complexity index is 708. The highest BCUT2D eigenvalue weighted by molar-refractivity contribution is 5.99. The quantitative estimate of drug-likeness (QED) is 0.892. The van der Waals surface area contributed by atoms with Crippen molar-refractivity contribution in [1.82, 2.24) is 0 Å². The van der Waals surface area contributed by atoms with Gasteiger partial charge in [-0.1, -0.05) is 49.6 Å². The molecule has 0 aliphatic heterocycles. The summed E-state index contributed by atoms with van der Waals surface area (Å²) < 4.78 is 0. The second-order valence-electron chi connectivity index (χ2n) is 5.77. The van der Waals surface area contributed by atoms with E-state index < -0.39 is 5.41 Å². The lowest BCUT2D eigenvalue weighted by Gasteiger charge is -2.29. The Labute approximate surface area is 124 Å². The molecule has 1 fully saturated rings. The van der Waals surface area contributed by atoms with Crippen molar-refractivity contribution in [2.45, 2.75) is 32.1 Å². The average Bonchev–Trinajstić information content (AvgIpc) is 2.55. The Balaban J connectivity index is 1.84. The molecule has 1 saturated carbocycles. The van der Waals surface area contributed by atoms with Crippen LogP contribution in [0, 0.1) is 16.7 Å². The molecular formula is C18H18N2O. The van der Waals surface area contributed by atoms with Crippen molar-refractivity contribution < 1.29 is 4.79 Å². The maximum Gasteiger partial charge on any atom is 0.244 e. The highest BCUT2D eigenvalue weighted by Crippen LogP contribution is 2.36. The van der Waals surface area contributed by atoms with Gasteiger partial charge in [-0.25, -0.2) is 0 Å². The lowest BCUT2D eigenvalue weighted by atomic mass is 9.74. The van der Waals surface area contributed by atoms with E-state index in [2.05, 4.69) is 11.4 Å². The van der Waals surface area contributed by atoms with Crippen LogP contribution >= 0.6 is 0 Å². The zero-order chi connectivity index (χ0) is 14.7. The molecule has 2 aromatic carbocycles. The molecule has 1 amide bonds. The number of carbonyl (C=O) groups is 1. The molecule has 0 heterocycles. The van der Waals surface area contributed by atoms with Gasteiger partial charge < -0.3 is 5.32 Å². The highest BCUT2D eigenvalue weighted by atomic mass is 16.2. The predicted molar refractivity (Wildman–Crippen MR) is 83.7 cm³/mol. The number of fused-ring (bicyclic) bond motifs is 1. The SMILES string of the molecule is N#CC1(C(=O)Nc2ccc3ccccc3c2)CCCCC1. The van der Waals surface area contributed by atoms with Crippen LogP contribution < -0.4 is 5.32 Å². The van der Waals surface area contributed by atoms with E-state index in [1.54, 1.807) is 0 Å². The molecule has 106 valence electrons. The minimum atomic E-state index is -0.843. The molecule has 0 aromatic heterocycles. The number of carbonyl (C=O) groups excluding carboxylic acids is 1. The molecule has 3 nitrogen and oxygen atoms in total. The molecule has 1 aliphatic carbocycles. The number of amides is 1. The number of anilines is 1. The fraction of sp³-hybridized carbons (Fsp3) is 0.333. The molecule has 2 aromatic rings. The molecule has 0 saturated heterocycles. The van der Waals surface area contributed by atoms with E-state index in [4.69, 9.17) is 0 Å². The van der Waals surface area contributed by atoms with E-state index >= 15 is 0 Å². The van der Waals surface area contributed by atoms with Gasteiger partial charge in [-0.3, -0.25) is 4.79 Å². The predicted octanol–water partition coefficient (Wildman–Crippen LogP) is 4.25. The topological polar surface area (TPSA) is 52.9 Å². The first kappa shape index (κ1) is 13.6. The second kappa shape index (κ2) is 5.57. The molecule has 1 N–H and O–H groups in total. The smallest absolute Gasteiger partial charge is 0.244 e. The van der Waals surface area contributed by atoms with Gasteiger partial charge in [0.15, 0.2) is 0 Å². The van der Waals surface area contributed by atoms with Gasteiger partial charge in [0.05, 0.1) is 6.07 Å². The minimum Gasteiger partial charge on any atom is -0.325 e. The van der Waals surface area contributed by atoms with Gasteiger partial charge in [0.2, 0.25) is 5.91 Å². The van der Waals surface area contributed by atoms with E-state index in [9.17, 15) is 10.1 Å². The Morgan fingerprint density at radius 1 is 1.05 bits per heavy atom. The number of benzene rings is 2. The Hall–Kier alpha value is -2.34. The summed E-state index contributed by atoms with van der Waals surface area (Å²) in [6, 6.07) is 16.1. The second-order valence-corrected chi connectivity index (χ2v) is 5.77. The van der Waals surface area contributed by atoms with Gasteiger partial charge in [0.1, 0.15) is 5.41 Å². The van der Waals surface area contributed by atoms with Crippen molar-refractivity contribution in [3.63, 3.8) is 0 Å². The van der Waals surface area contributed by atoms with Crippen LogP contribution in [-0.2, 0) is 4.79 Å². The van der Waals surface area contributed by atoms with Crippen LogP contribution in [-0.4, -0.2) is 5.91 Å². The molecule has 0 radical (unpaired) electrons. The molecule has 3 heteroatoms. The summed E-state index contributed by atoms with van der Waals surface area (Å²) in [4.78, 5) is 12.5. The number of nitrogens with one attached hydrogen (secondary N) is 1. The molecule has 0 spiro atoms. The maximum absolute atomic E-state index is 12.5. The molecule has 0 atom stereocenters. The van der Waals surface area contributed by atoms with E-state index in [1.807, 2.05) is 42.5 Å². The van der Waals surface area contributed by atoms with Crippen molar-refractivity contribution in [2.75, 3.05) is 5.32 Å². The van der Waals surface area contributed by atoms with Crippen molar-refractivity contribution in [3.05, 3.63) is 42.5 Å². The van der Waals surface area contributed by atoms with Crippen molar-refractivity contribution in [1.29, 1.82) is 5.26 Å². The summed E-state index contributed by atoms with van der Waals surface area (Å²) in [6.45, 7) is 0. The van der Waals surface area contributed by atoms with E-state index in [0.29, 0.717) is 12.8 Å². The first-order valence-electron chi connectivity index (χ1n) is 7.45. The van der Waals surface area contributed by atoms with E-state index in [1.165, 1.54) is 0 Å². The molecule has 3 rings (SSSR count). The Morgan fingerprint density at radius 2 is 1.76 bits per heavy atom. The van der Waals surface area contributed by atoms with Gasteiger partial charge in [-0.05, 0) is 35.7 Å². The lowest BCUT2D eigenvalue weighted by Crippen LogP contribution is -2.36. The molecule has 0 unspecified atom stereocenters. The third-order valence-corrected chi connectivity index (χ3v) is 4.36. The molecule has 0 bridgehead atoms. The first-order valence-corrected chi connectivity index (χ1v) is 7.45. The van der Waals surface area contributed by atoms with Crippen LogP contribution in [0.4, 0.5) is 5.69 Å². The van der Waals surface area contributed by atoms with Crippen LogP contribution in [0.15, 0.2) is 42.5 Å². The Morgan fingerprint density at radius 3 is 2.48 bits per heavy atom. The van der Waals surface area contributed by atoms with Gasteiger partial charge in [-0.2, -0.15) is 5.26 Å². The molecule has 21 heavy (non-hydrogen) atoms. The molecule has 1 aliphatic rings. The van der Waals surface area contributed by atoms with Gasteiger partial charge in [-0.15, -0.1) is 0 Å². The third-order valence-electron chi connectivity index (χ3n) is 4.36. The summed E-state index contributed by atoms with van der Waals surface area (Å²) in [5, 5.41) is 14.6. The van der Waals surface area contributed by atoms with Gasteiger partial charge in [0.25, 0.3) is 0 Å². The summed E-state index contributed by atoms with van der Waals surface area (Å²) in [5.74, 6) is -0.153. The van der Waals surface area contributed by atoms with Crippen LogP contribution in [0.1, 0.15) is 32.1 Å². The van der Waals surface area contributed by atoms with Crippen LogP contribution in [0.25, 0.3) is 10.8 Å². The highest BCUT2D eigenvalue weighted by Gasteiger charge is 2.39. The van der Waals surface area contributed by atoms with E-state index in [0.717, 1.165) is 35.7 Å². The molecular weight excluding hydrogens is 260 g/mol. The number of nitriles is 1. The summed E-state index contributed by atoms with van der Waals surface area (Å²) >= 11 is 0. The van der Waals surface area contributed by atoms with Crippen LogP contribution in [0.2, 0.25) is 0 Å². The normalized spacial score (nSPS) is 17.1. The third kappa shape index (κ3) is 2.62. The number of hydrogen-bond acceptors (Lipinski definition) is 2. The van der Waals surface area contributed by atoms with Gasteiger partial charge >= 0.3 is 0 Å². The van der Waals surface area contributed by atoms with Crippen molar-refractivity contribution in [3.8, 4) is 6.07 Å². The maximum atomic E-state index is 12.5. The number of hydrogen-bond donors (Lipinski definition) is 1. The zero-order valence-electron chi connectivity index (χ0n) is 11.9. The summed E-state index contributed by atoms with van der Waals surface area (Å²) in [5.41, 5.74) is -0.0805. The number of rotatable bonds is 2. The first-order chi connectivity index (χ1) is 10.2. The monoisotopic (exact) mass is 278 g/mol. The van der Waals surface area contributed by atoms with E-state index in [-0.39, 0.29) is 5.91 Å². The fourth-order valence-corrected chi connectivity index (χ4v) is 3.06. The summed E-state index contributed by atoms with van der Waals surface area (Å²) in [7, 11) is 0. The lowest BCUT2D eigenvalue weighted by molar-refractivity contribution is -0.124. The number of nitrogens with zero attached hydrogens (tertiary/aromatic N) is 1. The minimum absolute atomic E-state index is 0.153. The van der Waals surface area contributed by atoms with Crippen LogP contribution in [0.5, 0.6) is 0 Å². The van der Waals surface area contributed by atoms with Crippen molar-refractivity contribution in [2.24, 2.45) is 5.41 Å². The largest absolute Gasteiger partial charge is 0.325 e. The standard InChI is InChI=1S/C18H18N2O/c19-13-18(10-4-1-5-11-18)17(21)20-16-9-8-14-6-2-3-7-15(14)12-16/h2-3,6-9,12H,1,4-5,10-11H2,(H,20,21). The van der Waals surface area contributed by atoms with Crippen molar-refractivity contribution >= 4 is 22.4 Å². The Kier molecular flexibility index (Phi) is 3.62. The van der Waals surface area contributed by atoms with Crippen LogP contribution in [0.3, 0.4) is 0 Å². The summed E-state index contributed by atoms with van der Waals surface area (Å²) in [6.07, 6.45) is 4.37.